The van der Waals surface area contributed by atoms with Crippen molar-refractivity contribution in [3.63, 3.8) is 0 Å². The van der Waals surface area contributed by atoms with Crippen molar-refractivity contribution in [2.24, 2.45) is 0 Å². The normalized spacial score (nSPS) is 13.5. The minimum atomic E-state index is -4.16. The molecule has 0 spiro atoms. The lowest BCUT2D eigenvalue weighted by Crippen LogP contribution is -2.31. The second-order valence-corrected chi connectivity index (χ2v) is 4.74. The number of hydrogen-bond acceptors (Lipinski definition) is 1. The van der Waals surface area contributed by atoms with Gasteiger partial charge in [-0.1, -0.05) is 6.92 Å². The molecule has 0 radical (unpaired) electrons. The Morgan fingerprint density at radius 2 is 1.70 bits per heavy atom. The van der Waals surface area contributed by atoms with E-state index in [4.69, 9.17) is 0 Å². The number of rotatable bonds is 7. The highest BCUT2D eigenvalue weighted by molar-refractivity contribution is 5.19. The van der Waals surface area contributed by atoms with Gasteiger partial charge in [-0.05, 0) is 43.5 Å². The molecule has 1 atom stereocenters. The molecule has 0 amide bonds. The molecule has 0 aromatic heterocycles. The summed E-state index contributed by atoms with van der Waals surface area (Å²) < 4.78 is 62.4. The van der Waals surface area contributed by atoms with Gasteiger partial charge in [0, 0.05) is 18.5 Å². The van der Waals surface area contributed by atoms with Crippen LogP contribution in [0.25, 0.3) is 0 Å². The van der Waals surface area contributed by atoms with Crippen LogP contribution in [0.15, 0.2) is 18.2 Å². The van der Waals surface area contributed by atoms with Crippen LogP contribution >= 0.6 is 0 Å². The number of likely N-dealkylation sites (N-methyl/N-ethyl adjacent to an activating group) is 1. The van der Waals surface area contributed by atoms with Gasteiger partial charge in [-0.15, -0.1) is 0 Å². The number of halogens is 5. The molecule has 1 aromatic rings. The zero-order valence-electron chi connectivity index (χ0n) is 11.2. The molecule has 0 saturated carbocycles. The molecular formula is C14H18F5N. The van der Waals surface area contributed by atoms with Crippen LogP contribution in [0, 0.1) is 11.6 Å². The van der Waals surface area contributed by atoms with E-state index >= 15 is 0 Å². The summed E-state index contributed by atoms with van der Waals surface area (Å²) in [7, 11) is 0. The van der Waals surface area contributed by atoms with E-state index in [1.54, 1.807) is 0 Å². The highest BCUT2D eigenvalue weighted by Gasteiger charge is 2.26. The minimum absolute atomic E-state index is 0.00103. The molecule has 1 aromatic carbocycles. The zero-order valence-corrected chi connectivity index (χ0v) is 11.2. The molecule has 0 aliphatic rings. The van der Waals surface area contributed by atoms with Gasteiger partial charge in [0.1, 0.15) is 11.6 Å². The van der Waals surface area contributed by atoms with Crippen LogP contribution in [0.3, 0.4) is 0 Å². The Kier molecular flexibility index (Phi) is 6.39. The molecule has 6 heteroatoms. The lowest BCUT2D eigenvalue weighted by atomic mass is 10.0. The Hall–Kier alpha value is -1.17. The lowest BCUT2D eigenvalue weighted by molar-refractivity contribution is -0.135. The van der Waals surface area contributed by atoms with Crippen molar-refractivity contribution in [1.29, 1.82) is 0 Å². The standard InChI is InChI=1S/C14H18F5N/c1-2-20-13(4-3-5-14(17,18)19)8-10-6-11(15)9-12(16)7-10/h6-7,9,13,20H,2-5,8H2,1H3. The summed E-state index contributed by atoms with van der Waals surface area (Å²) in [5.74, 6) is -1.35. The van der Waals surface area contributed by atoms with Crippen molar-refractivity contribution in [3.8, 4) is 0 Å². The predicted octanol–water partition coefficient (Wildman–Crippen LogP) is 4.22. The van der Waals surface area contributed by atoms with Crippen LogP contribution in [0.4, 0.5) is 22.0 Å². The van der Waals surface area contributed by atoms with Gasteiger partial charge in [0.25, 0.3) is 0 Å². The van der Waals surface area contributed by atoms with E-state index < -0.39 is 24.2 Å². The summed E-state index contributed by atoms with van der Waals surface area (Å²) >= 11 is 0. The predicted molar refractivity (Wildman–Crippen MR) is 67.4 cm³/mol. The molecule has 1 N–H and O–H groups in total. The number of nitrogens with one attached hydrogen (secondary N) is 1. The average molecular weight is 295 g/mol. The molecule has 0 bridgehead atoms. The van der Waals surface area contributed by atoms with E-state index in [1.165, 1.54) is 12.1 Å². The maximum absolute atomic E-state index is 13.1. The second kappa shape index (κ2) is 7.57. The Labute approximate surface area is 115 Å². The van der Waals surface area contributed by atoms with Crippen molar-refractivity contribution >= 4 is 0 Å². The van der Waals surface area contributed by atoms with Gasteiger partial charge in [-0.3, -0.25) is 0 Å². The second-order valence-electron chi connectivity index (χ2n) is 4.74. The fourth-order valence-electron chi connectivity index (χ4n) is 2.13. The monoisotopic (exact) mass is 295 g/mol. The van der Waals surface area contributed by atoms with Crippen molar-refractivity contribution in [2.75, 3.05) is 6.54 Å². The Balaban J connectivity index is 2.57. The minimum Gasteiger partial charge on any atom is -0.314 e. The molecule has 1 unspecified atom stereocenters. The summed E-state index contributed by atoms with van der Waals surface area (Å²) in [5, 5.41) is 3.04. The topological polar surface area (TPSA) is 12.0 Å². The molecule has 0 heterocycles. The highest BCUT2D eigenvalue weighted by atomic mass is 19.4. The van der Waals surface area contributed by atoms with Crippen LogP contribution in [-0.2, 0) is 6.42 Å². The van der Waals surface area contributed by atoms with Crippen LogP contribution in [0.2, 0.25) is 0 Å². The van der Waals surface area contributed by atoms with E-state index in [0.29, 0.717) is 24.9 Å². The number of hydrogen-bond donors (Lipinski definition) is 1. The first-order valence-corrected chi connectivity index (χ1v) is 6.55. The van der Waals surface area contributed by atoms with E-state index in [9.17, 15) is 22.0 Å². The van der Waals surface area contributed by atoms with E-state index in [-0.39, 0.29) is 12.5 Å². The molecule has 0 saturated heterocycles. The van der Waals surface area contributed by atoms with Crippen molar-refractivity contribution in [2.45, 2.75) is 44.8 Å². The zero-order chi connectivity index (χ0) is 15.2. The molecule has 1 nitrogen and oxygen atoms in total. The lowest BCUT2D eigenvalue weighted by Gasteiger charge is -2.18. The fraction of sp³-hybridized carbons (Fsp3) is 0.571. The van der Waals surface area contributed by atoms with Gasteiger partial charge < -0.3 is 5.32 Å². The van der Waals surface area contributed by atoms with Gasteiger partial charge in [0.05, 0.1) is 0 Å². The average Bonchev–Trinajstić information content (AvgIpc) is 2.25. The fourth-order valence-corrected chi connectivity index (χ4v) is 2.13. The van der Waals surface area contributed by atoms with Crippen molar-refractivity contribution < 1.29 is 22.0 Å². The maximum Gasteiger partial charge on any atom is 0.389 e. The first-order chi connectivity index (χ1) is 9.30. The third-order valence-electron chi connectivity index (χ3n) is 2.91. The van der Waals surface area contributed by atoms with Crippen LogP contribution in [0.5, 0.6) is 0 Å². The van der Waals surface area contributed by atoms with Crippen LogP contribution in [0.1, 0.15) is 31.7 Å². The van der Waals surface area contributed by atoms with Crippen LogP contribution in [-0.4, -0.2) is 18.8 Å². The summed E-state index contributed by atoms with van der Waals surface area (Å²) in [6.07, 6.45) is -4.39. The molecule has 114 valence electrons. The van der Waals surface area contributed by atoms with Gasteiger partial charge in [-0.2, -0.15) is 13.2 Å². The number of benzene rings is 1. The van der Waals surface area contributed by atoms with Gasteiger partial charge in [0.15, 0.2) is 0 Å². The van der Waals surface area contributed by atoms with Crippen LogP contribution < -0.4 is 5.32 Å². The quantitative estimate of drug-likeness (QED) is 0.743. The maximum atomic E-state index is 13.1. The van der Waals surface area contributed by atoms with E-state index in [0.717, 1.165) is 6.07 Å². The third-order valence-corrected chi connectivity index (χ3v) is 2.91. The first-order valence-electron chi connectivity index (χ1n) is 6.55. The first kappa shape index (κ1) is 16.9. The molecular weight excluding hydrogens is 277 g/mol. The van der Waals surface area contributed by atoms with E-state index in [1.807, 2.05) is 6.92 Å². The smallest absolute Gasteiger partial charge is 0.314 e. The highest BCUT2D eigenvalue weighted by Crippen LogP contribution is 2.23. The van der Waals surface area contributed by atoms with E-state index in [2.05, 4.69) is 5.32 Å². The molecule has 0 fully saturated rings. The largest absolute Gasteiger partial charge is 0.389 e. The summed E-state index contributed by atoms with van der Waals surface area (Å²) in [6.45, 7) is 2.43. The molecule has 1 rings (SSSR count). The van der Waals surface area contributed by atoms with Gasteiger partial charge in [-0.25, -0.2) is 8.78 Å². The molecule has 20 heavy (non-hydrogen) atoms. The molecule has 0 aliphatic carbocycles. The Morgan fingerprint density at radius 3 is 2.20 bits per heavy atom. The Morgan fingerprint density at radius 1 is 1.10 bits per heavy atom. The molecule has 0 aliphatic heterocycles. The van der Waals surface area contributed by atoms with Crippen molar-refractivity contribution in [3.05, 3.63) is 35.4 Å². The SMILES string of the molecule is CCNC(CCCC(F)(F)F)Cc1cc(F)cc(F)c1. The Bertz CT molecular complexity index is 396. The van der Waals surface area contributed by atoms with Crippen molar-refractivity contribution in [1.82, 2.24) is 5.32 Å². The summed E-state index contributed by atoms with van der Waals surface area (Å²) in [5.41, 5.74) is 0.445. The summed E-state index contributed by atoms with van der Waals surface area (Å²) in [6, 6.07) is 2.97. The van der Waals surface area contributed by atoms with Gasteiger partial charge >= 0.3 is 6.18 Å². The number of alkyl halides is 3. The third kappa shape index (κ3) is 6.84. The van der Waals surface area contributed by atoms with Gasteiger partial charge in [0.2, 0.25) is 0 Å². The summed E-state index contributed by atoms with van der Waals surface area (Å²) in [4.78, 5) is 0.